The zero-order chi connectivity index (χ0) is 55.5. The first-order valence-corrected chi connectivity index (χ1v) is 24.2. The molecule has 6 aromatic rings. The van der Waals surface area contributed by atoms with Crippen LogP contribution in [-0.4, -0.2) is 71.8 Å². The predicted molar refractivity (Wildman–Crippen MR) is 265 cm³/mol. The summed E-state index contributed by atoms with van der Waals surface area (Å²) in [5.41, 5.74) is 2.55. The number of alkyl halides is 6. The molecule has 12 nitrogen and oxygen atoms in total. The van der Waals surface area contributed by atoms with Crippen molar-refractivity contribution in [1.29, 1.82) is 10.5 Å². The number of amides is 2. The Hall–Kier alpha value is -7.34. The van der Waals surface area contributed by atoms with Gasteiger partial charge in [-0.25, -0.2) is 17.6 Å². The third-order valence-electron chi connectivity index (χ3n) is 13.4. The number of fused-ring (bicyclic) bond motifs is 2. The monoisotopic (exact) mass is 1200 g/mol. The van der Waals surface area contributed by atoms with Crippen LogP contribution in [0.4, 0.5) is 66.7 Å². The molecule has 4 heterocycles. The number of nitriles is 1. The number of likely N-dealkylation sites (tertiary alicyclic amines) is 2. The summed E-state index contributed by atoms with van der Waals surface area (Å²) in [6.07, 6.45) is -7.87. The van der Waals surface area contributed by atoms with Gasteiger partial charge < -0.3 is 31.9 Å². The van der Waals surface area contributed by atoms with E-state index in [1.54, 1.807) is 29.2 Å². The number of carbonyl (C=O) groups excluding carboxylic acids is 2. The van der Waals surface area contributed by atoms with Crippen LogP contribution in [0.5, 0.6) is 11.5 Å². The summed E-state index contributed by atoms with van der Waals surface area (Å²) < 4.78 is 139. The number of carbonyl (C=O) groups is 2. The average Bonchev–Trinajstić information content (AvgIpc) is 3.46. The molecule has 0 unspecified atom stereocenters. The normalized spacial score (nSPS) is 16.6. The number of nitrogens with zero attached hydrogens (tertiary/aromatic N) is 6. The Morgan fingerprint density at radius 2 is 0.936 bits per heavy atom. The van der Waals surface area contributed by atoms with E-state index in [4.69, 9.17) is 11.8 Å². The van der Waals surface area contributed by atoms with E-state index in [1.807, 2.05) is 11.0 Å². The maximum Gasteiger partial charge on any atom is 1.00 e. The number of hydrogen-bond acceptors (Lipinski definition) is 10. The van der Waals surface area contributed by atoms with E-state index in [-0.39, 0.29) is 34.6 Å². The molecule has 0 saturated carbocycles. The van der Waals surface area contributed by atoms with Gasteiger partial charge in [0.05, 0.1) is 28.4 Å². The van der Waals surface area contributed by atoms with Gasteiger partial charge in [0.25, 0.3) is 11.8 Å². The molecule has 0 bridgehead atoms. The molecule has 0 radical (unpaired) electrons. The molecule has 2 saturated heterocycles. The molecule has 6 aromatic carbocycles. The van der Waals surface area contributed by atoms with Crippen molar-refractivity contribution in [2.75, 3.05) is 46.6 Å². The molecule has 0 aromatic heterocycles. The number of benzene rings is 6. The number of ether oxygens (including phenoxy) is 2. The van der Waals surface area contributed by atoms with Crippen molar-refractivity contribution >= 4 is 50.5 Å². The maximum atomic E-state index is 13.7. The summed E-state index contributed by atoms with van der Waals surface area (Å²) in [6.45, 7) is 7.58. The van der Waals surface area contributed by atoms with Crippen LogP contribution in [0.25, 0.3) is 0 Å². The van der Waals surface area contributed by atoms with E-state index in [9.17, 15) is 58.8 Å². The SMILES string of the molecule is N#Cc1ccc2c(c1)NC1(CCN(Cc3ccc(F)c(F)c3)CC1)N(c1ccc(OC(F)(F)F)cc1)C2=O.O=C1c2ccc(Br)cc2NC2(CCN(Cc3ccc(F)c(F)c3)CC2)N1c1ccc(OC(F)(F)F)cc1.[C-]#N.[Cu+]. The second kappa shape index (κ2) is 23.7. The van der Waals surface area contributed by atoms with E-state index in [0.29, 0.717) is 116 Å². The van der Waals surface area contributed by atoms with Gasteiger partial charge in [0.15, 0.2) is 23.3 Å². The molecular weight excluding hydrogens is 1160 g/mol. The average molecular weight is 1200 g/mol. The van der Waals surface area contributed by atoms with Crippen LogP contribution >= 0.6 is 15.9 Å². The van der Waals surface area contributed by atoms with Crippen molar-refractivity contribution in [2.45, 2.75) is 62.8 Å². The molecule has 2 spiro atoms. The molecule has 2 amide bonds. The van der Waals surface area contributed by atoms with Crippen LogP contribution in [-0.2, 0) is 30.2 Å². The van der Waals surface area contributed by atoms with Crippen molar-refractivity contribution in [3.05, 3.63) is 183 Å². The second-order valence-corrected chi connectivity index (χ2v) is 19.2. The van der Waals surface area contributed by atoms with E-state index in [0.717, 1.165) is 34.8 Å². The van der Waals surface area contributed by atoms with Crippen LogP contribution in [0.15, 0.2) is 126 Å². The Kier molecular flexibility index (Phi) is 17.7. The van der Waals surface area contributed by atoms with E-state index < -0.39 is 53.1 Å². The Labute approximate surface area is 459 Å². The minimum atomic E-state index is -4.84. The third kappa shape index (κ3) is 13.1. The first-order valence-electron chi connectivity index (χ1n) is 23.5. The largest absolute Gasteiger partial charge is 1.00 e. The van der Waals surface area contributed by atoms with Crippen LogP contribution in [0.3, 0.4) is 0 Å². The summed E-state index contributed by atoms with van der Waals surface area (Å²) in [4.78, 5) is 34.7. The van der Waals surface area contributed by atoms with E-state index in [2.05, 4.69) is 47.0 Å². The van der Waals surface area contributed by atoms with Gasteiger partial charge in [0.2, 0.25) is 0 Å². The van der Waals surface area contributed by atoms with Gasteiger partial charge in [-0.3, -0.25) is 29.2 Å². The molecule has 4 aliphatic heterocycles. The Balaban J connectivity index is 0.000000217. The van der Waals surface area contributed by atoms with Gasteiger partial charge in [-0.05, 0) is 120 Å². The third-order valence-corrected chi connectivity index (χ3v) is 13.9. The molecule has 2 fully saturated rings. The van der Waals surface area contributed by atoms with Crippen molar-refractivity contribution in [3.8, 4) is 17.6 Å². The zero-order valence-corrected chi connectivity index (χ0v) is 42.9. The van der Waals surface area contributed by atoms with Crippen LogP contribution in [0, 0.1) is 46.4 Å². The summed E-state index contributed by atoms with van der Waals surface area (Å²) in [7, 11) is 0. The van der Waals surface area contributed by atoms with Crippen LogP contribution in [0.1, 0.15) is 63.1 Å². The number of piperidine rings is 2. The Bertz CT molecular complexity index is 3220. The molecule has 0 atom stereocenters. The summed E-state index contributed by atoms with van der Waals surface area (Å²) in [6, 6.07) is 29.8. The first-order chi connectivity index (χ1) is 36.6. The molecular formula is C54H42BrCuF10N8O4. The maximum absolute atomic E-state index is 13.7. The fraction of sp³-hybridized carbons (Fsp3) is 0.259. The minimum absolute atomic E-state index is 0. The zero-order valence-electron chi connectivity index (χ0n) is 40.4. The molecule has 24 heteroatoms. The topological polar surface area (TPSA) is 137 Å². The van der Waals surface area contributed by atoms with Gasteiger partial charge in [-0.1, -0.05) is 28.1 Å². The summed E-state index contributed by atoms with van der Waals surface area (Å²) in [5, 5.41) is 22.5. The van der Waals surface area contributed by atoms with Crippen LogP contribution in [0.2, 0.25) is 0 Å². The van der Waals surface area contributed by atoms with Crippen LogP contribution < -0.4 is 29.9 Å². The van der Waals surface area contributed by atoms with Gasteiger partial charge in [0, 0.05) is 86.5 Å². The molecule has 4 aliphatic rings. The number of halogens is 11. The number of hydrogen-bond donors (Lipinski definition) is 2. The molecule has 10 rings (SSSR count). The summed E-state index contributed by atoms with van der Waals surface area (Å²) >= 11 is 3.44. The van der Waals surface area contributed by atoms with Crippen molar-refractivity contribution in [2.24, 2.45) is 0 Å². The van der Waals surface area contributed by atoms with Crippen molar-refractivity contribution in [1.82, 2.24) is 9.80 Å². The van der Waals surface area contributed by atoms with E-state index in [1.165, 1.54) is 65.6 Å². The number of nitrogens with one attached hydrogen (secondary N) is 2. The number of rotatable bonds is 8. The fourth-order valence-electron chi connectivity index (χ4n) is 9.93. The number of anilines is 4. The fourth-order valence-corrected chi connectivity index (χ4v) is 10.3. The standard InChI is InChI=1S/C27H21F5N4O2.C26H21BrF5N3O2.CN.Cu/c28-22-8-2-18(13-23(22)29)16-35-11-9-26(10-12-35)34-24-14-17(15-33)1-7-21(24)25(37)36(26)19-3-5-20(6-4-19)38-27(30,31)32;27-17-2-7-20-23(14-17)33-25(9-11-34(12-10-25)15-16-1-8-21(28)22(29)13-16)35(24(20)36)18-3-5-19(6-4-18)37-26(30,31)32;1-2;/h1-8,13-14,34H,9-12,16H2;1-8,13-14,33H,9-12,15H2;;/q;;-1;+1. The second-order valence-electron chi connectivity index (χ2n) is 18.3. The van der Waals surface area contributed by atoms with Gasteiger partial charge in [0.1, 0.15) is 22.8 Å². The smallest absolute Gasteiger partial charge is 0.512 e. The Morgan fingerprint density at radius 3 is 1.31 bits per heavy atom. The molecule has 0 aliphatic carbocycles. The van der Waals surface area contributed by atoms with Gasteiger partial charge in [-0.15, -0.1) is 26.3 Å². The van der Waals surface area contributed by atoms with Crippen molar-refractivity contribution in [3.63, 3.8) is 0 Å². The molecule has 78 heavy (non-hydrogen) atoms. The van der Waals surface area contributed by atoms with Gasteiger partial charge in [-0.2, -0.15) is 5.26 Å². The predicted octanol–water partition coefficient (Wildman–Crippen LogP) is 12.6. The first kappa shape index (κ1) is 58.3. The summed E-state index contributed by atoms with van der Waals surface area (Å²) in [5.74, 6) is -5.09. The quantitative estimate of drug-likeness (QED) is 0.0861. The molecule has 410 valence electrons. The van der Waals surface area contributed by atoms with Crippen molar-refractivity contribution < 1.29 is 80.0 Å². The van der Waals surface area contributed by atoms with E-state index >= 15 is 0 Å². The minimum Gasteiger partial charge on any atom is -0.512 e. The Morgan fingerprint density at radius 1 is 0.551 bits per heavy atom. The molecule has 2 N–H and O–H groups in total. The van der Waals surface area contributed by atoms with Gasteiger partial charge >= 0.3 is 29.8 Å².